The minimum atomic E-state index is -0.489. The third-order valence-corrected chi connectivity index (χ3v) is 5.38. The first-order valence-electron chi connectivity index (χ1n) is 7.68. The van der Waals surface area contributed by atoms with E-state index >= 15 is 0 Å². The van der Waals surface area contributed by atoms with Crippen molar-refractivity contribution in [3.8, 4) is 6.07 Å². The van der Waals surface area contributed by atoms with Crippen molar-refractivity contribution in [3.63, 3.8) is 0 Å². The standard InChI is InChI=1S/C19H16N2O2S2/c1-12-16(18(22)23-11-13-6-3-2-4-7-13)17(15-8-5-9-21-15)14(10-20)19(24)25-12/h2-9,17,21,24H,11H2,1H3. The SMILES string of the molecule is CC1=C(C(=O)OCc2ccccc2)C(c2ccc[nH]2)C(C#N)=C(S)S1. The third kappa shape index (κ3) is 3.68. The van der Waals surface area contributed by atoms with Gasteiger partial charge in [0.1, 0.15) is 6.61 Å². The summed E-state index contributed by atoms with van der Waals surface area (Å²) in [5.74, 6) is -0.904. The van der Waals surface area contributed by atoms with Crippen molar-refractivity contribution in [1.82, 2.24) is 4.98 Å². The van der Waals surface area contributed by atoms with Crippen LogP contribution in [0.5, 0.6) is 0 Å². The Balaban J connectivity index is 1.90. The number of nitrogens with zero attached hydrogens (tertiary/aromatic N) is 1. The summed E-state index contributed by atoms with van der Waals surface area (Å²) in [6.07, 6.45) is 1.77. The molecular weight excluding hydrogens is 352 g/mol. The van der Waals surface area contributed by atoms with Crippen LogP contribution in [0, 0.1) is 11.3 Å². The molecule has 1 aliphatic heterocycles. The lowest BCUT2D eigenvalue weighted by Gasteiger charge is -2.25. The highest BCUT2D eigenvalue weighted by atomic mass is 32.2. The molecule has 2 aromatic rings. The van der Waals surface area contributed by atoms with Crippen LogP contribution in [0.4, 0.5) is 0 Å². The van der Waals surface area contributed by atoms with Gasteiger partial charge in [-0.1, -0.05) is 42.1 Å². The Kier molecular flexibility index (Phi) is 5.37. The van der Waals surface area contributed by atoms with Gasteiger partial charge in [0.15, 0.2) is 0 Å². The maximum Gasteiger partial charge on any atom is 0.336 e. The quantitative estimate of drug-likeness (QED) is 0.615. The van der Waals surface area contributed by atoms with Crippen molar-refractivity contribution in [2.45, 2.75) is 19.4 Å². The molecule has 4 nitrogen and oxygen atoms in total. The second-order valence-electron chi connectivity index (χ2n) is 5.52. The lowest BCUT2D eigenvalue weighted by Crippen LogP contribution is -2.20. The van der Waals surface area contributed by atoms with E-state index in [0.717, 1.165) is 16.2 Å². The first-order chi connectivity index (χ1) is 12.1. The summed E-state index contributed by atoms with van der Waals surface area (Å²) in [7, 11) is 0. The number of H-pyrrole nitrogens is 1. The van der Waals surface area contributed by atoms with Gasteiger partial charge in [0, 0.05) is 11.9 Å². The molecule has 0 spiro atoms. The maximum atomic E-state index is 12.8. The van der Waals surface area contributed by atoms with Crippen LogP contribution in [0.1, 0.15) is 24.1 Å². The smallest absolute Gasteiger partial charge is 0.336 e. The summed E-state index contributed by atoms with van der Waals surface area (Å²) in [5, 5.41) is 9.57. The number of esters is 1. The van der Waals surface area contributed by atoms with Crippen LogP contribution in [0.25, 0.3) is 0 Å². The Morgan fingerprint density at radius 1 is 1.32 bits per heavy atom. The molecule has 25 heavy (non-hydrogen) atoms. The van der Waals surface area contributed by atoms with E-state index in [1.807, 2.05) is 49.4 Å². The van der Waals surface area contributed by atoms with E-state index in [4.69, 9.17) is 4.74 Å². The molecule has 1 aromatic carbocycles. The van der Waals surface area contributed by atoms with Crippen LogP contribution in [0.15, 0.2) is 68.9 Å². The average molecular weight is 368 g/mol. The minimum absolute atomic E-state index is 0.192. The maximum absolute atomic E-state index is 12.8. The minimum Gasteiger partial charge on any atom is -0.457 e. The number of allylic oxidation sites excluding steroid dienone is 2. The zero-order valence-electron chi connectivity index (χ0n) is 13.5. The predicted octanol–water partition coefficient (Wildman–Crippen LogP) is 4.53. The molecule has 1 aliphatic rings. The van der Waals surface area contributed by atoms with Gasteiger partial charge in [-0.05, 0) is 29.5 Å². The number of carbonyl (C=O) groups excluding carboxylic acids is 1. The molecule has 1 N–H and O–H groups in total. The molecule has 0 radical (unpaired) electrons. The fourth-order valence-corrected chi connectivity index (χ4v) is 4.20. The molecule has 0 saturated heterocycles. The van der Waals surface area contributed by atoms with Crippen molar-refractivity contribution in [2.24, 2.45) is 0 Å². The fraction of sp³-hybridized carbons (Fsp3) is 0.158. The number of hydrogen-bond acceptors (Lipinski definition) is 5. The zero-order valence-corrected chi connectivity index (χ0v) is 15.2. The first kappa shape index (κ1) is 17.5. The van der Waals surface area contributed by atoms with Crippen molar-refractivity contribution in [1.29, 1.82) is 5.26 Å². The molecule has 0 fully saturated rings. The van der Waals surface area contributed by atoms with Crippen LogP contribution in [0.2, 0.25) is 0 Å². The number of aromatic nitrogens is 1. The van der Waals surface area contributed by atoms with Gasteiger partial charge < -0.3 is 9.72 Å². The number of thioether (sulfide) groups is 1. The number of thiol groups is 1. The molecule has 0 saturated carbocycles. The predicted molar refractivity (Wildman–Crippen MR) is 102 cm³/mol. The zero-order chi connectivity index (χ0) is 17.8. The highest BCUT2D eigenvalue weighted by molar-refractivity contribution is 8.18. The number of nitrogens with one attached hydrogen (secondary N) is 1. The molecule has 1 unspecified atom stereocenters. The average Bonchev–Trinajstić information content (AvgIpc) is 3.14. The molecule has 6 heteroatoms. The highest BCUT2D eigenvalue weighted by Gasteiger charge is 2.35. The lowest BCUT2D eigenvalue weighted by molar-refractivity contribution is -0.140. The number of ether oxygens (including phenoxy) is 1. The Hall–Kier alpha value is -2.36. The topological polar surface area (TPSA) is 65.9 Å². The summed E-state index contributed by atoms with van der Waals surface area (Å²) in [6.45, 7) is 2.04. The monoisotopic (exact) mass is 368 g/mol. The molecular formula is C19H16N2O2S2. The van der Waals surface area contributed by atoms with Gasteiger partial charge in [0.25, 0.3) is 0 Å². The van der Waals surface area contributed by atoms with Crippen molar-refractivity contribution in [3.05, 3.63) is 80.2 Å². The molecule has 0 amide bonds. The number of carbonyl (C=O) groups is 1. The molecule has 126 valence electrons. The van der Waals surface area contributed by atoms with E-state index in [-0.39, 0.29) is 6.61 Å². The van der Waals surface area contributed by atoms with Crippen molar-refractivity contribution < 1.29 is 9.53 Å². The van der Waals surface area contributed by atoms with Gasteiger partial charge in [-0.25, -0.2) is 4.79 Å². The largest absolute Gasteiger partial charge is 0.457 e. The van der Waals surface area contributed by atoms with Crippen molar-refractivity contribution in [2.75, 3.05) is 0 Å². The van der Waals surface area contributed by atoms with Gasteiger partial charge in [-0.15, -0.1) is 12.6 Å². The number of benzene rings is 1. The van der Waals surface area contributed by atoms with Gasteiger partial charge in [0.05, 0.1) is 27.4 Å². The summed E-state index contributed by atoms with van der Waals surface area (Å²) in [5.41, 5.74) is 2.63. The first-order valence-corrected chi connectivity index (χ1v) is 8.94. The number of rotatable bonds is 4. The third-order valence-electron chi connectivity index (χ3n) is 3.92. The van der Waals surface area contributed by atoms with Crippen LogP contribution in [-0.4, -0.2) is 11.0 Å². The molecule has 2 heterocycles. The fourth-order valence-electron chi connectivity index (χ4n) is 2.74. The van der Waals surface area contributed by atoms with Crippen LogP contribution in [0.3, 0.4) is 0 Å². The van der Waals surface area contributed by atoms with Crippen molar-refractivity contribution >= 4 is 30.4 Å². The Morgan fingerprint density at radius 2 is 2.08 bits per heavy atom. The lowest BCUT2D eigenvalue weighted by atomic mass is 9.88. The Labute approximate surface area is 156 Å². The van der Waals surface area contributed by atoms with E-state index in [1.165, 1.54) is 11.8 Å². The van der Waals surface area contributed by atoms with Crippen LogP contribution < -0.4 is 0 Å². The number of aromatic amines is 1. The molecule has 1 atom stereocenters. The number of hydrogen-bond donors (Lipinski definition) is 2. The molecule has 3 rings (SSSR count). The van der Waals surface area contributed by atoms with E-state index in [2.05, 4.69) is 23.7 Å². The van der Waals surface area contributed by atoms with E-state index < -0.39 is 11.9 Å². The molecule has 0 bridgehead atoms. The van der Waals surface area contributed by atoms with Gasteiger partial charge in [0.2, 0.25) is 0 Å². The summed E-state index contributed by atoms with van der Waals surface area (Å²) in [6, 6.07) is 15.4. The van der Waals surface area contributed by atoms with Gasteiger partial charge >= 0.3 is 5.97 Å². The van der Waals surface area contributed by atoms with E-state index in [0.29, 0.717) is 15.4 Å². The second-order valence-corrected chi connectivity index (χ2v) is 7.50. The van der Waals surface area contributed by atoms with E-state index in [1.54, 1.807) is 6.20 Å². The van der Waals surface area contributed by atoms with E-state index in [9.17, 15) is 10.1 Å². The summed E-state index contributed by atoms with van der Waals surface area (Å²) >= 11 is 5.74. The van der Waals surface area contributed by atoms with Gasteiger partial charge in [-0.2, -0.15) is 5.26 Å². The Morgan fingerprint density at radius 3 is 2.72 bits per heavy atom. The summed E-state index contributed by atoms with van der Waals surface area (Å²) < 4.78 is 6.12. The molecule has 1 aromatic heterocycles. The normalized spacial score (nSPS) is 17.4. The summed E-state index contributed by atoms with van der Waals surface area (Å²) in [4.78, 5) is 16.7. The number of nitriles is 1. The van der Waals surface area contributed by atoms with Crippen LogP contribution >= 0.6 is 24.4 Å². The Bertz CT molecular complexity index is 878. The van der Waals surface area contributed by atoms with Gasteiger partial charge in [-0.3, -0.25) is 0 Å². The highest BCUT2D eigenvalue weighted by Crippen LogP contribution is 2.47. The second kappa shape index (κ2) is 7.68. The van der Waals surface area contributed by atoms with Crippen LogP contribution in [-0.2, 0) is 16.1 Å². The molecule has 0 aliphatic carbocycles.